The van der Waals surface area contributed by atoms with Gasteiger partial charge in [0.25, 0.3) is 5.88 Å². The topological polar surface area (TPSA) is 157 Å². The highest BCUT2D eigenvalue weighted by Gasteiger charge is 2.25. The van der Waals surface area contributed by atoms with Crippen molar-refractivity contribution in [2.75, 3.05) is 20.3 Å². The van der Waals surface area contributed by atoms with Crippen LogP contribution in [0.25, 0.3) is 0 Å². The Labute approximate surface area is 225 Å². The van der Waals surface area contributed by atoms with Crippen LogP contribution in [-0.2, 0) is 22.0 Å². The van der Waals surface area contributed by atoms with Gasteiger partial charge in [0.2, 0.25) is 21.6 Å². The largest absolute Gasteiger partial charge is 0.497 e. The SMILES string of the molecule is COc1ccc(Cl)c(Oc2c(CNS(=O)(=O)c3ccc(C(C)(C)C)cc3)nc(C(=O)O)nc2OCCO)c1. The molecule has 0 radical (unpaired) electrons. The number of hydrogen-bond donors (Lipinski definition) is 3. The fraction of sp³-hybridized carbons (Fsp3) is 0.320. The number of aliphatic hydroxyl groups is 1. The zero-order valence-electron chi connectivity index (χ0n) is 21.2. The molecule has 13 heteroatoms. The third-order valence-corrected chi connectivity index (χ3v) is 6.97. The van der Waals surface area contributed by atoms with Crippen LogP contribution in [0.15, 0.2) is 47.4 Å². The quantitative estimate of drug-likeness (QED) is 0.312. The van der Waals surface area contributed by atoms with Gasteiger partial charge in [-0.1, -0.05) is 44.5 Å². The molecular weight excluding hydrogens is 538 g/mol. The van der Waals surface area contributed by atoms with E-state index in [-0.39, 0.29) is 45.0 Å². The molecular formula is C25H28ClN3O8S. The fourth-order valence-electron chi connectivity index (χ4n) is 3.21. The molecule has 3 aromatic rings. The Hall–Kier alpha value is -3.45. The Morgan fingerprint density at radius 2 is 1.79 bits per heavy atom. The lowest BCUT2D eigenvalue weighted by Gasteiger charge is -2.19. The summed E-state index contributed by atoms with van der Waals surface area (Å²) in [6.45, 7) is 4.91. The van der Waals surface area contributed by atoms with Crippen molar-refractivity contribution in [2.45, 2.75) is 37.6 Å². The first kappa shape index (κ1) is 29.1. The number of rotatable bonds is 11. The summed E-state index contributed by atoms with van der Waals surface area (Å²) in [7, 11) is -2.59. The molecule has 0 fully saturated rings. The van der Waals surface area contributed by atoms with Crippen LogP contribution < -0.4 is 18.9 Å². The number of carboxylic acid groups (broad SMARTS) is 1. The van der Waals surface area contributed by atoms with Crippen molar-refractivity contribution >= 4 is 27.6 Å². The van der Waals surface area contributed by atoms with Crippen LogP contribution in [0, 0.1) is 0 Å². The van der Waals surface area contributed by atoms with Gasteiger partial charge in [-0.15, -0.1) is 0 Å². The van der Waals surface area contributed by atoms with Gasteiger partial charge in [0.1, 0.15) is 23.8 Å². The molecule has 204 valence electrons. The van der Waals surface area contributed by atoms with E-state index >= 15 is 0 Å². The van der Waals surface area contributed by atoms with Gasteiger partial charge >= 0.3 is 5.97 Å². The summed E-state index contributed by atoms with van der Waals surface area (Å²) in [5, 5.41) is 18.9. The number of aromatic nitrogens is 2. The Balaban J connectivity index is 2.03. The number of benzene rings is 2. The lowest BCUT2D eigenvalue weighted by Crippen LogP contribution is -2.25. The zero-order chi connectivity index (χ0) is 28.1. The minimum Gasteiger partial charge on any atom is -0.497 e. The third-order valence-electron chi connectivity index (χ3n) is 5.24. The summed E-state index contributed by atoms with van der Waals surface area (Å²) in [5.41, 5.74) is 0.650. The molecule has 0 saturated heterocycles. The Kier molecular flexibility index (Phi) is 9.15. The predicted molar refractivity (Wildman–Crippen MR) is 139 cm³/mol. The number of halogens is 1. The number of nitrogens with zero attached hydrogens (tertiary/aromatic N) is 2. The molecule has 2 aromatic carbocycles. The third kappa shape index (κ3) is 7.10. The minimum atomic E-state index is -4.03. The van der Waals surface area contributed by atoms with Crippen LogP contribution in [0.2, 0.25) is 5.02 Å². The Morgan fingerprint density at radius 1 is 1.11 bits per heavy atom. The van der Waals surface area contributed by atoms with Crippen molar-refractivity contribution in [3.8, 4) is 23.1 Å². The Morgan fingerprint density at radius 3 is 2.37 bits per heavy atom. The molecule has 11 nitrogen and oxygen atoms in total. The van der Waals surface area contributed by atoms with Crippen molar-refractivity contribution in [1.29, 1.82) is 0 Å². The van der Waals surface area contributed by atoms with Crippen LogP contribution in [0.4, 0.5) is 0 Å². The summed E-state index contributed by atoms with van der Waals surface area (Å²) in [6, 6.07) is 11.0. The van der Waals surface area contributed by atoms with Crippen LogP contribution in [-0.4, -0.2) is 54.9 Å². The van der Waals surface area contributed by atoms with Crippen LogP contribution in [0.1, 0.15) is 42.6 Å². The summed E-state index contributed by atoms with van der Waals surface area (Å²) in [4.78, 5) is 19.5. The first-order valence-corrected chi connectivity index (χ1v) is 13.2. The molecule has 1 heterocycles. The Bertz CT molecular complexity index is 1410. The molecule has 3 rings (SSSR count). The van der Waals surface area contributed by atoms with E-state index in [4.69, 9.17) is 25.8 Å². The molecule has 0 atom stereocenters. The second kappa shape index (κ2) is 11.9. The normalized spacial score (nSPS) is 11.7. The highest BCUT2D eigenvalue weighted by molar-refractivity contribution is 7.89. The van der Waals surface area contributed by atoms with Gasteiger partial charge in [-0.25, -0.2) is 22.9 Å². The molecule has 0 spiro atoms. The average molecular weight is 566 g/mol. The number of nitrogens with one attached hydrogen (secondary N) is 1. The maximum absolute atomic E-state index is 13.0. The maximum Gasteiger partial charge on any atom is 0.374 e. The second-order valence-electron chi connectivity index (χ2n) is 9.00. The summed E-state index contributed by atoms with van der Waals surface area (Å²) in [6.07, 6.45) is 0. The molecule has 0 aliphatic rings. The molecule has 0 bridgehead atoms. The minimum absolute atomic E-state index is 0.00748. The van der Waals surface area contributed by atoms with Crippen molar-refractivity contribution in [1.82, 2.24) is 14.7 Å². The van der Waals surface area contributed by atoms with Crippen molar-refractivity contribution in [2.24, 2.45) is 0 Å². The van der Waals surface area contributed by atoms with Crippen LogP contribution >= 0.6 is 11.6 Å². The fourth-order valence-corrected chi connectivity index (χ4v) is 4.36. The van der Waals surface area contributed by atoms with E-state index in [0.29, 0.717) is 5.75 Å². The number of ether oxygens (including phenoxy) is 3. The molecule has 3 N–H and O–H groups in total. The van der Waals surface area contributed by atoms with Crippen LogP contribution in [0.5, 0.6) is 23.1 Å². The molecule has 0 amide bonds. The standard InChI is InChI=1S/C25H28ClN3O8S/c1-25(2,3)15-5-8-17(9-6-15)38(33,34)27-14-19-21(37-20-13-16(35-4)7-10-18(20)26)23(36-12-11-30)29-22(28-19)24(31)32/h5-10,13,27,30H,11-12,14H2,1-4H3,(H,31,32). The summed E-state index contributed by atoms with van der Waals surface area (Å²) < 4.78 is 45.0. The van der Waals surface area contributed by atoms with Gasteiger partial charge in [-0.2, -0.15) is 4.98 Å². The average Bonchev–Trinajstić information content (AvgIpc) is 2.87. The maximum atomic E-state index is 13.0. The van der Waals surface area contributed by atoms with Crippen LogP contribution in [0.3, 0.4) is 0 Å². The van der Waals surface area contributed by atoms with E-state index in [1.165, 1.54) is 31.4 Å². The smallest absolute Gasteiger partial charge is 0.374 e. The second-order valence-corrected chi connectivity index (χ2v) is 11.2. The van der Waals surface area contributed by atoms with E-state index in [9.17, 15) is 23.4 Å². The van der Waals surface area contributed by atoms with Crippen molar-refractivity contribution in [3.05, 3.63) is 64.6 Å². The molecule has 0 saturated carbocycles. The molecule has 38 heavy (non-hydrogen) atoms. The van der Waals surface area contributed by atoms with Gasteiger partial charge < -0.3 is 24.4 Å². The van der Waals surface area contributed by atoms with E-state index in [1.807, 2.05) is 20.8 Å². The first-order valence-electron chi connectivity index (χ1n) is 11.3. The number of aliphatic hydroxyl groups excluding tert-OH is 1. The van der Waals surface area contributed by atoms with Crippen molar-refractivity contribution in [3.63, 3.8) is 0 Å². The number of sulfonamides is 1. The van der Waals surface area contributed by atoms with Gasteiger partial charge in [0, 0.05) is 6.07 Å². The number of carboxylic acids is 1. The predicted octanol–water partition coefficient (Wildman–Crippen LogP) is 3.78. The highest BCUT2D eigenvalue weighted by Crippen LogP contribution is 2.38. The molecule has 1 aromatic heterocycles. The van der Waals surface area contributed by atoms with E-state index in [2.05, 4.69) is 14.7 Å². The number of aromatic carboxylic acids is 1. The number of hydrogen-bond acceptors (Lipinski definition) is 9. The zero-order valence-corrected chi connectivity index (χ0v) is 22.8. The van der Waals surface area contributed by atoms with Gasteiger partial charge in [0.15, 0.2) is 0 Å². The lowest BCUT2D eigenvalue weighted by molar-refractivity contribution is 0.0681. The van der Waals surface area contributed by atoms with E-state index in [0.717, 1.165) is 5.56 Å². The first-order chi connectivity index (χ1) is 17.9. The summed E-state index contributed by atoms with van der Waals surface area (Å²) >= 11 is 6.26. The summed E-state index contributed by atoms with van der Waals surface area (Å²) in [5.74, 6) is -2.16. The monoisotopic (exact) mass is 565 g/mol. The lowest BCUT2D eigenvalue weighted by atomic mass is 9.87. The van der Waals surface area contributed by atoms with E-state index in [1.54, 1.807) is 18.2 Å². The van der Waals surface area contributed by atoms with E-state index < -0.39 is 35.0 Å². The van der Waals surface area contributed by atoms with Crippen molar-refractivity contribution < 1.29 is 37.6 Å². The highest BCUT2D eigenvalue weighted by atomic mass is 35.5. The van der Waals surface area contributed by atoms with Gasteiger partial charge in [0.05, 0.1) is 30.2 Å². The van der Waals surface area contributed by atoms with Gasteiger partial charge in [-0.3, -0.25) is 0 Å². The molecule has 0 unspecified atom stereocenters. The number of methoxy groups -OCH3 is 1. The molecule has 0 aliphatic carbocycles. The number of carbonyl (C=O) groups is 1. The molecule has 0 aliphatic heterocycles. The van der Waals surface area contributed by atoms with Gasteiger partial charge in [-0.05, 0) is 35.2 Å².